The molecule has 0 saturated heterocycles. The summed E-state index contributed by atoms with van der Waals surface area (Å²) in [4.78, 5) is 0. The van der Waals surface area contributed by atoms with Crippen LogP contribution in [-0.4, -0.2) is 7.05 Å². The Balaban J connectivity index is 2.30. The van der Waals surface area contributed by atoms with E-state index in [0.717, 1.165) is 12.8 Å². The largest absolute Gasteiger partial charge is 0.313 e. The van der Waals surface area contributed by atoms with Gasteiger partial charge in [0.25, 0.3) is 0 Å². The van der Waals surface area contributed by atoms with Crippen LogP contribution in [0.4, 0.5) is 8.78 Å². The van der Waals surface area contributed by atoms with Crippen LogP contribution in [0.5, 0.6) is 0 Å². The smallest absolute Gasteiger partial charge is 0.163 e. The summed E-state index contributed by atoms with van der Waals surface area (Å²) in [6.07, 6.45) is 5.86. The standard InChI is InChI=1S/C16H23F2N/c1-3-11-7-4-5-8-12(11)16(19-2)13-9-6-10-14(17)15(13)18/h6,9-12,16,19H,3-5,7-8H2,1-2H3. The summed E-state index contributed by atoms with van der Waals surface area (Å²) >= 11 is 0. The lowest BCUT2D eigenvalue weighted by Gasteiger charge is -2.37. The highest BCUT2D eigenvalue weighted by atomic mass is 19.2. The fourth-order valence-electron chi connectivity index (χ4n) is 3.54. The van der Waals surface area contributed by atoms with E-state index in [0.29, 0.717) is 17.4 Å². The van der Waals surface area contributed by atoms with Crippen molar-refractivity contribution in [3.05, 3.63) is 35.4 Å². The molecule has 106 valence electrons. The zero-order chi connectivity index (χ0) is 13.8. The highest BCUT2D eigenvalue weighted by molar-refractivity contribution is 5.23. The highest BCUT2D eigenvalue weighted by Crippen LogP contribution is 2.40. The molecule has 2 rings (SSSR count). The third-order valence-corrected chi connectivity index (χ3v) is 4.55. The van der Waals surface area contributed by atoms with E-state index >= 15 is 0 Å². The molecule has 0 heterocycles. The van der Waals surface area contributed by atoms with E-state index in [1.807, 2.05) is 7.05 Å². The molecule has 1 saturated carbocycles. The van der Waals surface area contributed by atoms with Gasteiger partial charge in [-0.3, -0.25) is 0 Å². The molecule has 1 N–H and O–H groups in total. The molecule has 0 aliphatic heterocycles. The minimum atomic E-state index is -0.749. The number of hydrogen-bond acceptors (Lipinski definition) is 1. The average Bonchev–Trinajstić information content (AvgIpc) is 2.45. The molecule has 0 radical (unpaired) electrons. The molecule has 0 bridgehead atoms. The maximum atomic E-state index is 14.0. The number of rotatable bonds is 4. The van der Waals surface area contributed by atoms with Crippen molar-refractivity contribution in [1.82, 2.24) is 5.32 Å². The summed E-state index contributed by atoms with van der Waals surface area (Å²) in [6.45, 7) is 2.19. The van der Waals surface area contributed by atoms with Gasteiger partial charge in [0.15, 0.2) is 11.6 Å². The van der Waals surface area contributed by atoms with Gasteiger partial charge < -0.3 is 5.32 Å². The number of hydrogen-bond donors (Lipinski definition) is 1. The van der Waals surface area contributed by atoms with E-state index in [2.05, 4.69) is 12.2 Å². The summed E-state index contributed by atoms with van der Waals surface area (Å²) in [5.41, 5.74) is 0.479. The van der Waals surface area contributed by atoms with Crippen LogP contribution < -0.4 is 5.32 Å². The average molecular weight is 267 g/mol. The van der Waals surface area contributed by atoms with Gasteiger partial charge in [-0.25, -0.2) is 8.78 Å². The van der Waals surface area contributed by atoms with Crippen molar-refractivity contribution in [3.8, 4) is 0 Å². The summed E-state index contributed by atoms with van der Waals surface area (Å²) in [6, 6.07) is 4.41. The number of nitrogens with one attached hydrogen (secondary N) is 1. The fourth-order valence-corrected chi connectivity index (χ4v) is 3.54. The van der Waals surface area contributed by atoms with Crippen LogP contribution in [0, 0.1) is 23.5 Å². The maximum absolute atomic E-state index is 14.0. The summed E-state index contributed by atoms with van der Waals surface area (Å²) in [5, 5.41) is 3.21. The fraction of sp³-hybridized carbons (Fsp3) is 0.625. The van der Waals surface area contributed by atoms with Gasteiger partial charge >= 0.3 is 0 Å². The van der Waals surface area contributed by atoms with Gasteiger partial charge in [0.05, 0.1) is 0 Å². The lowest BCUT2D eigenvalue weighted by atomic mass is 9.72. The zero-order valence-corrected chi connectivity index (χ0v) is 11.8. The molecule has 1 aliphatic rings. The van der Waals surface area contributed by atoms with Gasteiger partial charge in [-0.15, -0.1) is 0 Å². The number of benzene rings is 1. The highest BCUT2D eigenvalue weighted by Gasteiger charge is 2.32. The topological polar surface area (TPSA) is 12.0 Å². The molecule has 3 atom stereocenters. The first-order valence-electron chi connectivity index (χ1n) is 7.30. The molecule has 3 unspecified atom stereocenters. The maximum Gasteiger partial charge on any atom is 0.163 e. The summed E-state index contributed by atoms with van der Waals surface area (Å²) < 4.78 is 27.4. The van der Waals surface area contributed by atoms with Gasteiger partial charge in [-0.05, 0) is 31.4 Å². The second-order valence-corrected chi connectivity index (χ2v) is 5.53. The predicted octanol–water partition coefficient (Wildman–Crippen LogP) is 4.44. The summed E-state index contributed by atoms with van der Waals surface area (Å²) in [5.74, 6) is -0.433. The molecule has 1 aliphatic carbocycles. The van der Waals surface area contributed by atoms with Gasteiger partial charge in [0.2, 0.25) is 0 Å². The minimum Gasteiger partial charge on any atom is -0.313 e. The van der Waals surface area contributed by atoms with Crippen LogP contribution in [0.3, 0.4) is 0 Å². The first kappa shape index (κ1) is 14.4. The third kappa shape index (κ3) is 2.97. The van der Waals surface area contributed by atoms with Crippen molar-refractivity contribution in [2.45, 2.75) is 45.1 Å². The van der Waals surface area contributed by atoms with Crippen molar-refractivity contribution in [3.63, 3.8) is 0 Å². The van der Waals surface area contributed by atoms with E-state index in [1.54, 1.807) is 12.1 Å². The second kappa shape index (κ2) is 6.47. The molecule has 1 nitrogen and oxygen atoms in total. The number of halogens is 2. The molecule has 1 fully saturated rings. The Hall–Kier alpha value is -0.960. The van der Waals surface area contributed by atoms with Crippen LogP contribution in [-0.2, 0) is 0 Å². The monoisotopic (exact) mass is 267 g/mol. The Kier molecular flexibility index (Phi) is 4.92. The Morgan fingerprint density at radius 1 is 1.26 bits per heavy atom. The van der Waals surface area contributed by atoms with E-state index in [-0.39, 0.29) is 6.04 Å². The molecule has 1 aromatic carbocycles. The first-order chi connectivity index (χ1) is 9.19. The van der Waals surface area contributed by atoms with Crippen LogP contribution in [0.25, 0.3) is 0 Å². The SMILES string of the molecule is CCC1CCCCC1C(NC)c1cccc(F)c1F. The second-order valence-electron chi connectivity index (χ2n) is 5.53. The van der Waals surface area contributed by atoms with Gasteiger partial charge in [-0.2, -0.15) is 0 Å². The molecule has 0 spiro atoms. The van der Waals surface area contributed by atoms with Crippen LogP contribution >= 0.6 is 0 Å². The first-order valence-corrected chi connectivity index (χ1v) is 7.30. The zero-order valence-electron chi connectivity index (χ0n) is 11.8. The van der Waals surface area contributed by atoms with Crippen LogP contribution in [0.1, 0.15) is 50.6 Å². The van der Waals surface area contributed by atoms with Crippen molar-refractivity contribution in [2.75, 3.05) is 7.05 Å². The molecule has 3 heteroatoms. The Morgan fingerprint density at radius 3 is 2.68 bits per heavy atom. The van der Waals surface area contributed by atoms with Crippen LogP contribution in [0.15, 0.2) is 18.2 Å². The summed E-state index contributed by atoms with van der Waals surface area (Å²) in [7, 11) is 1.84. The normalized spacial score (nSPS) is 25.3. The Morgan fingerprint density at radius 2 is 2.00 bits per heavy atom. The van der Waals surface area contributed by atoms with E-state index in [1.165, 1.54) is 25.3 Å². The van der Waals surface area contributed by atoms with Crippen molar-refractivity contribution in [1.29, 1.82) is 0 Å². The molecular weight excluding hydrogens is 244 g/mol. The van der Waals surface area contributed by atoms with E-state index in [4.69, 9.17) is 0 Å². The molecule has 0 amide bonds. The van der Waals surface area contributed by atoms with Crippen molar-refractivity contribution in [2.24, 2.45) is 11.8 Å². The molecular formula is C16H23F2N. The lowest BCUT2D eigenvalue weighted by Crippen LogP contribution is -2.33. The van der Waals surface area contributed by atoms with E-state index in [9.17, 15) is 8.78 Å². The van der Waals surface area contributed by atoms with Gasteiger partial charge in [0.1, 0.15) is 0 Å². The minimum absolute atomic E-state index is 0.0825. The van der Waals surface area contributed by atoms with Gasteiger partial charge in [-0.1, -0.05) is 44.7 Å². The van der Waals surface area contributed by atoms with Gasteiger partial charge in [0, 0.05) is 11.6 Å². The van der Waals surface area contributed by atoms with Crippen molar-refractivity contribution >= 4 is 0 Å². The molecule has 1 aromatic rings. The molecule has 19 heavy (non-hydrogen) atoms. The predicted molar refractivity (Wildman–Crippen MR) is 73.9 cm³/mol. The van der Waals surface area contributed by atoms with Crippen molar-refractivity contribution < 1.29 is 8.78 Å². The lowest BCUT2D eigenvalue weighted by molar-refractivity contribution is 0.177. The Labute approximate surface area is 114 Å². The Bertz CT molecular complexity index is 419. The van der Waals surface area contributed by atoms with E-state index < -0.39 is 11.6 Å². The van der Waals surface area contributed by atoms with Crippen LogP contribution in [0.2, 0.25) is 0 Å². The quantitative estimate of drug-likeness (QED) is 0.850. The molecule has 0 aromatic heterocycles. The third-order valence-electron chi connectivity index (χ3n) is 4.55.